The van der Waals surface area contributed by atoms with Crippen molar-refractivity contribution in [2.24, 2.45) is 0 Å². The van der Waals surface area contributed by atoms with Crippen LogP contribution in [0.2, 0.25) is 0 Å². The molecule has 0 aliphatic heterocycles. The van der Waals surface area contributed by atoms with Crippen molar-refractivity contribution in [3.63, 3.8) is 0 Å². The van der Waals surface area contributed by atoms with Crippen molar-refractivity contribution in [3.8, 4) is 22.6 Å². The molecule has 0 N–H and O–H groups in total. The highest BCUT2D eigenvalue weighted by Gasteiger charge is 2.11. The molecule has 0 fully saturated rings. The molecule has 0 radical (unpaired) electrons. The summed E-state index contributed by atoms with van der Waals surface area (Å²) in [5.74, 6) is -0.371. The maximum absolute atomic E-state index is 12.1. The largest absolute Gasteiger partial charge is 0.462 e. The molecule has 23 heavy (non-hydrogen) atoms. The normalized spacial score (nSPS) is 10.3. The number of esters is 1. The minimum atomic E-state index is -0.371. The number of hydrogen-bond donors (Lipinski definition) is 0. The third-order valence-electron chi connectivity index (χ3n) is 3.25. The lowest BCUT2D eigenvalue weighted by Gasteiger charge is -2.13. The van der Waals surface area contributed by atoms with Gasteiger partial charge < -0.3 is 4.74 Å². The fourth-order valence-corrected chi connectivity index (χ4v) is 2.20. The molecule has 0 atom stereocenters. The number of rotatable bonds is 4. The van der Waals surface area contributed by atoms with Gasteiger partial charge in [0.25, 0.3) is 0 Å². The monoisotopic (exact) mass is 303 g/mol. The zero-order valence-electron chi connectivity index (χ0n) is 12.7. The highest BCUT2D eigenvalue weighted by molar-refractivity contribution is 5.92. The molecule has 0 aliphatic carbocycles. The Hall–Kier alpha value is -3.01. The zero-order chi connectivity index (χ0) is 16.1. The third-order valence-corrected chi connectivity index (χ3v) is 3.25. The first-order valence-corrected chi connectivity index (χ1v) is 7.35. The van der Waals surface area contributed by atoms with E-state index >= 15 is 0 Å². The van der Waals surface area contributed by atoms with E-state index in [2.05, 4.69) is 16.0 Å². The van der Waals surface area contributed by atoms with Crippen molar-refractivity contribution >= 4 is 5.97 Å². The van der Waals surface area contributed by atoms with Crippen LogP contribution < -0.4 is 0 Å². The third kappa shape index (κ3) is 3.43. The van der Waals surface area contributed by atoms with Gasteiger partial charge in [-0.25, -0.2) is 4.79 Å². The topological polar surface area (TPSA) is 52.1 Å². The number of carbonyl (C=O) groups is 1. The Kier molecular flexibility index (Phi) is 4.43. The molecule has 0 aliphatic rings. The maximum Gasteiger partial charge on any atom is 0.337 e. The summed E-state index contributed by atoms with van der Waals surface area (Å²) in [5.41, 5.74) is 3.27. The molecule has 1 aromatic carbocycles. The lowest BCUT2D eigenvalue weighted by molar-refractivity contribution is 0.0526. The second-order valence-corrected chi connectivity index (χ2v) is 4.84. The number of hydrogen-bond acceptors (Lipinski definition) is 4. The number of aromatic nitrogens is 2. The fraction of sp³-hybridized carbons (Fsp3) is 0.105. The van der Waals surface area contributed by atoms with Crippen LogP contribution in [0, 0.1) is 6.07 Å². The number of benzene rings is 1. The molecule has 0 amide bonds. The second-order valence-electron chi connectivity index (χ2n) is 4.84. The molecule has 114 valence electrons. The minimum Gasteiger partial charge on any atom is -0.462 e. The van der Waals surface area contributed by atoms with Gasteiger partial charge in [0.05, 0.1) is 23.6 Å². The van der Waals surface area contributed by atoms with Crippen LogP contribution in [0.5, 0.6) is 0 Å². The Bertz CT molecular complexity index is 744. The van der Waals surface area contributed by atoms with Crippen LogP contribution in [0.15, 0.2) is 60.8 Å². The predicted molar refractivity (Wildman–Crippen MR) is 87.7 cm³/mol. The van der Waals surface area contributed by atoms with Crippen LogP contribution in [0.4, 0.5) is 0 Å². The highest BCUT2D eigenvalue weighted by Crippen LogP contribution is 2.23. The molecule has 4 nitrogen and oxygen atoms in total. The quantitative estimate of drug-likeness (QED) is 0.543. The molecule has 4 heteroatoms. The van der Waals surface area contributed by atoms with E-state index in [4.69, 9.17) is 4.74 Å². The standard InChI is InChI=1S/C19H15N2O2/c1-2-23-19(22)15-12-17(14-8-4-3-5-9-14)21-18(13-15)16-10-6-7-11-20-16/h3-8,10-13H,2H2,1H3/q-1. The van der Waals surface area contributed by atoms with Gasteiger partial charge in [0.1, 0.15) is 0 Å². The van der Waals surface area contributed by atoms with E-state index in [1.165, 1.54) is 0 Å². The van der Waals surface area contributed by atoms with E-state index in [0.29, 0.717) is 29.3 Å². The van der Waals surface area contributed by atoms with Crippen LogP contribution in [0.25, 0.3) is 22.6 Å². The summed E-state index contributed by atoms with van der Waals surface area (Å²) in [6, 6.07) is 19.6. The van der Waals surface area contributed by atoms with Crippen molar-refractivity contribution in [2.75, 3.05) is 6.61 Å². The van der Waals surface area contributed by atoms with Crippen LogP contribution in [-0.4, -0.2) is 22.5 Å². The van der Waals surface area contributed by atoms with Gasteiger partial charge in [0.2, 0.25) is 0 Å². The Labute approximate surface area is 134 Å². The average Bonchev–Trinajstić information content (AvgIpc) is 2.63. The number of nitrogens with zero attached hydrogens (tertiary/aromatic N) is 2. The molecule has 2 aromatic heterocycles. The maximum atomic E-state index is 12.1. The number of pyridine rings is 2. The Morgan fingerprint density at radius 1 is 1.09 bits per heavy atom. The van der Waals surface area contributed by atoms with Gasteiger partial charge in [-0.3, -0.25) is 9.97 Å². The first kappa shape index (κ1) is 14.9. The second kappa shape index (κ2) is 6.83. The van der Waals surface area contributed by atoms with Crippen molar-refractivity contribution in [2.45, 2.75) is 6.92 Å². The van der Waals surface area contributed by atoms with Gasteiger partial charge in [-0.1, -0.05) is 12.1 Å². The molecule has 3 aromatic rings. The van der Waals surface area contributed by atoms with E-state index in [9.17, 15) is 4.79 Å². The first-order valence-electron chi connectivity index (χ1n) is 7.35. The molecular weight excluding hydrogens is 288 g/mol. The van der Waals surface area contributed by atoms with E-state index in [-0.39, 0.29) is 5.97 Å². The first-order chi connectivity index (χ1) is 11.3. The smallest absolute Gasteiger partial charge is 0.337 e. The molecule has 0 unspecified atom stereocenters. The highest BCUT2D eigenvalue weighted by atomic mass is 16.5. The minimum absolute atomic E-state index is 0.326. The number of carbonyl (C=O) groups excluding carboxylic acids is 1. The van der Waals surface area contributed by atoms with Gasteiger partial charge in [-0.05, 0) is 30.8 Å². The van der Waals surface area contributed by atoms with Crippen molar-refractivity contribution < 1.29 is 9.53 Å². The fourth-order valence-electron chi connectivity index (χ4n) is 2.20. The van der Waals surface area contributed by atoms with Gasteiger partial charge in [-0.2, -0.15) is 0 Å². The summed E-state index contributed by atoms with van der Waals surface area (Å²) in [5, 5.41) is 0. The van der Waals surface area contributed by atoms with E-state index in [1.54, 1.807) is 25.3 Å². The van der Waals surface area contributed by atoms with E-state index < -0.39 is 0 Å². The summed E-state index contributed by atoms with van der Waals surface area (Å²) in [4.78, 5) is 21.1. The van der Waals surface area contributed by atoms with Crippen LogP contribution in [-0.2, 0) is 4.74 Å². The molecule has 2 heterocycles. The van der Waals surface area contributed by atoms with Gasteiger partial charge >= 0.3 is 5.97 Å². The van der Waals surface area contributed by atoms with Gasteiger partial charge in [0.15, 0.2) is 0 Å². The van der Waals surface area contributed by atoms with Crippen molar-refractivity contribution in [1.82, 2.24) is 9.97 Å². The molecule has 3 rings (SSSR count). The summed E-state index contributed by atoms with van der Waals surface area (Å²) in [6.07, 6.45) is 1.70. The van der Waals surface area contributed by atoms with Crippen LogP contribution in [0.1, 0.15) is 17.3 Å². The SMILES string of the molecule is CCOC(=O)c1cc(-c2[c-]cccc2)nc(-c2ccccn2)c1. The molecule has 0 saturated carbocycles. The van der Waals surface area contributed by atoms with Crippen LogP contribution >= 0.6 is 0 Å². The van der Waals surface area contributed by atoms with Crippen molar-refractivity contribution in [1.29, 1.82) is 0 Å². The Balaban J connectivity index is 2.13. The molecule has 0 saturated heterocycles. The lowest BCUT2D eigenvalue weighted by atomic mass is 10.1. The van der Waals surface area contributed by atoms with Crippen LogP contribution in [0.3, 0.4) is 0 Å². The summed E-state index contributed by atoms with van der Waals surface area (Å²) < 4.78 is 5.11. The van der Waals surface area contributed by atoms with E-state index in [0.717, 1.165) is 5.56 Å². The van der Waals surface area contributed by atoms with Gasteiger partial charge in [0, 0.05) is 6.20 Å². The predicted octanol–water partition coefficient (Wildman–Crippen LogP) is 3.79. The number of ether oxygens (including phenoxy) is 1. The summed E-state index contributed by atoms with van der Waals surface area (Å²) in [7, 11) is 0. The molecule has 0 spiro atoms. The Morgan fingerprint density at radius 2 is 1.91 bits per heavy atom. The summed E-state index contributed by atoms with van der Waals surface area (Å²) in [6.45, 7) is 2.11. The average molecular weight is 303 g/mol. The summed E-state index contributed by atoms with van der Waals surface area (Å²) >= 11 is 0. The zero-order valence-corrected chi connectivity index (χ0v) is 12.7. The van der Waals surface area contributed by atoms with Crippen molar-refractivity contribution in [3.05, 3.63) is 72.4 Å². The Morgan fingerprint density at radius 3 is 2.61 bits per heavy atom. The lowest BCUT2D eigenvalue weighted by Crippen LogP contribution is -2.06. The molecular formula is C19H15N2O2-. The van der Waals surface area contributed by atoms with Gasteiger partial charge in [-0.15, -0.1) is 35.9 Å². The van der Waals surface area contributed by atoms with E-state index in [1.807, 2.05) is 42.5 Å². The molecule has 0 bridgehead atoms.